The number of carbonyl (C=O) groups excluding carboxylic acids is 1. The van der Waals surface area contributed by atoms with Crippen LogP contribution in [0, 0.1) is 13.8 Å². The third-order valence-corrected chi connectivity index (χ3v) is 5.53. The lowest BCUT2D eigenvalue weighted by Gasteiger charge is -2.37. The maximum Gasteiger partial charge on any atom is 0.272 e. The van der Waals surface area contributed by atoms with Gasteiger partial charge in [0.2, 0.25) is 5.95 Å². The van der Waals surface area contributed by atoms with Crippen LogP contribution in [0.2, 0.25) is 0 Å². The van der Waals surface area contributed by atoms with E-state index in [1.165, 1.54) is 16.8 Å². The van der Waals surface area contributed by atoms with E-state index in [9.17, 15) is 4.79 Å². The Morgan fingerprint density at radius 1 is 1.11 bits per heavy atom. The number of amides is 1. The first-order valence-electron chi connectivity index (χ1n) is 10.2. The normalized spacial score (nSPS) is 14.3. The van der Waals surface area contributed by atoms with Crippen molar-refractivity contribution in [3.63, 3.8) is 0 Å². The summed E-state index contributed by atoms with van der Waals surface area (Å²) in [5.74, 6) is 0.612. The molecule has 0 saturated carbocycles. The molecule has 0 bridgehead atoms. The van der Waals surface area contributed by atoms with Crippen LogP contribution in [0.1, 0.15) is 41.4 Å². The van der Waals surface area contributed by atoms with Crippen molar-refractivity contribution in [2.75, 3.05) is 49.6 Å². The molecule has 1 amide bonds. The Balaban J connectivity index is 1.66. The molecule has 0 spiro atoms. The van der Waals surface area contributed by atoms with Crippen molar-refractivity contribution in [1.82, 2.24) is 14.9 Å². The Morgan fingerprint density at radius 3 is 2.54 bits per heavy atom. The summed E-state index contributed by atoms with van der Waals surface area (Å²) in [5, 5.41) is 0. The van der Waals surface area contributed by atoms with Gasteiger partial charge in [-0.25, -0.2) is 9.97 Å². The molecule has 1 aromatic heterocycles. The van der Waals surface area contributed by atoms with Gasteiger partial charge < -0.3 is 14.7 Å². The summed E-state index contributed by atoms with van der Waals surface area (Å²) >= 11 is 0. The maximum atomic E-state index is 12.6. The van der Waals surface area contributed by atoms with E-state index in [-0.39, 0.29) is 5.91 Å². The van der Waals surface area contributed by atoms with E-state index in [2.05, 4.69) is 58.7 Å². The first-order chi connectivity index (χ1) is 13.5. The van der Waals surface area contributed by atoms with Gasteiger partial charge in [0.05, 0.1) is 0 Å². The molecule has 0 atom stereocenters. The molecule has 2 heterocycles. The smallest absolute Gasteiger partial charge is 0.272 e. The number of anilines is 2. The third-order valence-electron chi connectivity index (χ3n) is 5.53. The van der Waals surface area contributed by atoms with E-state index in [0.29, 0.717) is 11.6 Å². The Kier molecular flexibility index (Phi) is 6.49. The van der Waals surface area contributed by atoms with Crippen LogP contribution >= 0.6 is 0 Å². The van der Waals surface area contributed by atoms with Gasteiger partial charge in [0, 0.05) is 51.7 Å². The number of aryl methyl sites for hydroxylation is 1. The quantitative estimate of drug-likeness (QED) is 0.768. The zero-order chi connectivity index (χ0) is 20.1. The average Bonchev–Trinajstić information content (AvgIpc) is 2.73. The lowest BCUT2D eigenvalue weighted by molar-refractivity contribution is 0.0787. The molecule has 0 aliphatic carbocycles. The third kappa shape index (κ3) is 4.43. The number of hydrogen-bond acceptors (Lipinski definition) is 5. The highest BCUT2D eigenvalue weighted by Gasteiger charge is 2.22. The Morgan fingerprint density at radius 2 is 1.82 bits per heavy atom. The molecule has 6 heteroatoms. The molecule has 28 heavy (non-hydrogen) atoms. The number of rotatable bonds is 6. The number of hydrogen-bond donors (Lipinski definition) is 0. The van der Waals surface area contributed by atoms with Crippen molar-refractivity contribution in [3.8, 4) is 0 Å². The number of nitrogens with zero attached hydrogens (tertiary/aromatic N) is 5. The van der Waals surface area contributed by atoms with E-state index in [1.807, 2.05) is 7.05 Å². The van der Waals surface area contributed by atoms with E-state index < -0.39 is 0 Å². The average molecular weight is 382 g/mol. The van der Waals surface area contributed by atoms with Gasteiger partial charge >= 0.3 is 0 Å². The topological polar surface area (TPSA) is 52.6 Å². The van der Waals surface area contributed by atoms with Gasteiger partial charge in [0.15, 0.2) is 0 Å². The van der Waals surface area contributed by atoms with Crippen molar-refractivity contribution >= 4 is 17.5 Å². The molecule has 1 saturated heterocycles. The molecule has 1 aliphatic heterocycles. The Hall–Kier alpha value is -2.63. The second kappa shape index (κ2) is 9.04. The fourth-order valence-electron chi connectivity index (χ4n) is 3.54. The molecule has 1 aromatic carbocycles. The van der Waals surface area contributed by atoms with E-state index in [0.717, 1.165) is 45.6 Å². The fraction of sp³-hybridized carbons (Fsp3) is 0.500. The number of aromatic nitrogens is 2. The Bertz CT molecular complexity index is 814. The van der Waals surface area contributed by atoms with Crippen molar-refractivity contribution in [2.45, 2.75) is 33.6 Å². The van der Waals surface area contributed by atoms with Gasteiger partial charge in [-0.15, -0.1) is 0 Å². The van der Waals surface area contributed by atoms with Crippen LogP contribution in [-0.2, 0) is 0 Å². The highest BCUT2D eigenvalue weighted by Crippen LogP contribution is 2.24. The van der Waals surface area contributed by atoms with E-state index in [1.54, 1.807) is 17.2 Å². The van der Waals surface area contributed by atoms with Gasteiger partial charge in [0.1, 0.15) is 5.69 Å². The predicted molar refractivity (Wildman–Crippen MR) is 114 cm³/mol. The molecule has 3 rings (SSSR count). The summed E-state index contributed by atoms with van der Waals surface area (Å²) in [6.45, 7) is 10.7. The highest BCUT2D eigenvalue weighted by molar-refractivity contribution is 5.92. The summed E-state index contributed by atoms with van der Waals surface area (Å²) in [4.78, 5) is 27.9. The van der Waals surface area contributed by atoms with Crippen molar-refractivity contribution < 1.29 is 4.79 Å². The minimum Gasteiger partial charge on any atom is -0.368 e. The van der Waals surface area contributed by atoms with Gasteiger partial charge in [0.25, 0.3) is 5.91 Å². The largest absolute Gasteiger partial charge is 0.368 e. The van der Waals surface area contributed by atoms with Crippen LogP contribution in [0.5, 0.6) is 0 Å². The standard InChI is InChI=1S/C22H31N5O/c1-5-6-12-25(4)21(28)19-10-11-23-22(24-19)27-15-13-26(14-16-27)20-9-7-8-17(2)18(20)3/h7-11H,5-6,12-16H2,1-4H3. The first-order valence-corrected chi connectivity index (χ1v) is 10.2. The summed E-state index contributed by atoms with van der Waals surface area (Å²) in [7, 11) is 1.84. The number of benzene rings is 1. The molecular formula is C22H31N5O. The predicted octanol–water partition coefficient (Wildman–Crippen LogP) is 3.29. The van der Waals surface area contributed by atoms with Crippen molar-refractivity contribution in [3.05, 3.63) is 47.3 Å². The molecule has 1 fully saturated rings. The number of piperazine rings is 1. The molecule has 6 nitrogen and oxygen atoms in total. The second-order valence-corrected chi connectivity index (χ2v) is 7.52. The minimum absolute atomic E-state index is 0.0360. The monoisotopic (exact) mass is 381 g/mol. The lowest BCUT2D eigenvalue weighted by atomic mass is 10.1. The zero-order valence-corrected chi connectivity index (χ0v) is 17.5. The van der Waals surface area contributed by atoms with Crippen LogP contribution in [0.3, 0.4) is 0 Å². The van der Waals surface area contributed by atoms with Gasteiger partial charge in [-0.05, 0) is 43.5 Å². The maximum absolute atomic E-state index is 12.6. The molecular weight excluding hydrogens is 350 g/mol. The van der Waals surface area contributed by atoms with Crippen LogP contribution in [-0.4, -0.2) is 60.5 Å². The SMILES string of the molecule is CCCCN(C)C(=O)c1ccnc(N2CCN(c3cccc(C)c3C)CC2)n1. The fourth-order valence-corrected chi connectivity index (χ4v) is 3.54. The van der Waals surface area contributed by atoms with Gasteiger partial charge in [-0.3, -0.25) is 4.79 Å². The van der Waals surface area contributed by atoms with Crippen LogP contribution in [0.4, 0.5) is 11.6 Å². The minimum atomic E-state index is -0.0360. The summed E-state index contributed by atoms with van der Waals surface area (Å²) < 4.78 is 0. The zero-order valence-electron chi connectivity index (χ0n) is 17.5. The van der Waals surface area contributed by atoms with Crippen molar-refractivity contribution in [2.24, 2.45) is 0 Å². The highest BCUT2D eigenvalue weighted by atomic mass is 16.2. The number of carbonyl (C=O) groups is 1. The Labute approximate surface area is 168 Å². The van der Waals surface area contributed by atoms with E-state index >= 15 is 0 Å². The van der Waals surface area contributed by atoms with Crippen LogP contribution in [0.15, 0.2) is 30.5 Å². The van der Waals surface area contributed by atoms with Gasteiger partial charge in [-0.1, -0.05) is 25.5 Å². The van der Waals surface area contributed by atoms with E-state index in [4.69, 9.17) is 0 Å². The lowest BCUT2D eigenvalue weighted by Crippen LogP contribution is -2.47. The molecule has 1 aliphatic rings. The van der Waals surface area contributed by atoms with Crippen LogP contribution in [0.25, 0.3) is 0 Å². The summed E-state index contributed by atoms with van der Waals surface area (Å²) in [6.07, 6.45) is 3.76. The summed E-state index contributed by atoms with van der Waals surface area (Å²) in [5.41, 5.74) is 4.44. The van der Waals surface area contributed by atoms with Crippen LogP contribution < -0.4 is 9.80 Å². The molecule has 150 valence electrons. The van der Waals surface area contributed by atoms with Gasteiger partial charge in [-0.2, -0.15) is 0 Å². The van der Waals surface area contributed by atoms with Crippen molar-refractivity contribution in [1.29, 1.82) is 0 Å². The first kappa shape index (κ1) is 20.1. The summed E-state index contributed by atoms with van der Waals surface area (Å²) in [6, 6.07) is 8.18. The second-order valence-electron chi connectivity index (χ2n) is 7.52. The number of unbranched alkanes of at least 4 members (excludes halogenated alkanes) is 1. The molecule has 0 radical (unpaired) electrons. The molecule has 2 aromatic rings. The molecule has 0 unspecified atom stereocenters. The molecule has 0 N–H and O–H groups in total.